The van der Waals surface area contributed by atoms with Crippen molar-refractivity contribution in [3.8, 4) is 11.3 Å². The summed E-state index contributed by atoms with van der Waals surface area (Å²) in [4.78, 5) is 12.7. The molecule has 1 aromatic carbocycles. The van der Waals surface area contributed by atoms with Crippen LogP contribution in [0.2, 0.25) is 0 Å². The number of piperidine rings is 1. The Morgan fingerprint density at radius 2 is 2.14 bits per heavy atom. The van der Waals surface area contributed by atoms with Gasteiger partial charge in [-0.05, 0) is 42.8 Å². The molecule has 1 amide bonds. The number of aromatic nitrogens is 2. The average molecular weight is 386 g/mol. The summed E-state index contributed by atoms with van der Waals surface area (Å²) < 4.78 is 34.1. The largest absolute Gasteiger partial charge is 0.458 e. The van der Waals surface area contributed by atoms with Crippen LogP contribution in [0, 0.1) is 11.6 Å². The molecule has 1 saturated heterocycles. The minimum absolute atomic E-state index is 0.119. The number of nitrogens with zero attached hydrogens (tertiary/aromatic N) is 2. The van der Waals surface area contributed by atoms with E-state index in [0.717, 1.165) is 23.9 Å². The Kier molecular flexibility index (Phi) is 4.95. The highest BCUT2D eigenvalue weighted by Gasteiger charge is 2.29. The zero-order valence-corrected chi connectivity index (χ0v) is 15.3. The van der Waals surface area contributed by atoms with Crippen molar-refractivity contribution < 1.29 is 18.0 Å². The van der Waals surface area contributed by atoms with E-state index in [1.807, 2.05) is 13.1 Å². The summed E-state index contributed by atoms with van der Waals surface area (Å²) in [6, 6.07) is 7.12. The Morgan fingerprint density at radius 1 is 1.29 bits per heavy atom. The molecule has 2 unspecified atom stereocenters. The fourth-order valence-corrected chi connectivity index (χ4v) is 3.64. The molecule has 1 aliphatic heterocycles. The highest BCUT2D eigenvalue weighted by atomic mass is 19.2. The Morgan fingerprint density at radius 3 is 2.89 bits per heavy atom. The molecule has 1 fully saturated rings. The van der Waals surface area contributed by atoms with Crippen LogP contribution in [0.1, 0.15) is 28.5 Å². The van der Waals surface area contributed by atoms with Crippen molar-refractivity contribution in [2.75, 3.05) is 13.1 Å². The molecule has 2 atom stereocenters. The van der Waals surface area contributed by atoms with E-state index < -0.39 is 11.6 Å². The van der Waals surface area contributed by atoms with Crippen LogP contribution < -0.4 is 10.6 Å². The van der Waals surface area contributed by atoms with Crippen LogP contribution in [0.4, 0.5) is 8.78 Å². The van der Waals surface area contributed by atoms with E-state index in [1.54, 1.807) is 23.0 Å². The van der Waals surface area contributed by atoms with Gasteiger partial charge in [0, 0.05) is 37.3 Å². The molecule has 4 rings (SSSR count). The first-order valence-corrected chi connectivity index (χ1v) is 9.06. The third-order valence-electron chi connectivity index (χ3n) is 5.11. The van der Waals surface area contributed by atoms with Gasteiger partial charge >= 0.3 is 0 Å². The lowest BCUT2D eigenvalue weighted by atomic mass is 9.86. The lowest BCUT2D eigenvalue weighted by molar-refractivity contribution is 0.0896. The van der Waals surface area contributed by atoms with Crippen molar-refractivity contribution in [1.29, 1.82) is 0 Å². The summed E-state index contributed by atoms with van der Waals surface area (Å²) in [6.45, 7) is 1.27. The molecule has 0 saturated carbocycles. The predicted octanol–water partition coefficient (Wildman–Crippen LogP) is 2.83. The number of benzene rings is 1. The van der Waals surface area contributed by atoms with E-state index in [1.165, 1.54) is 12.3 Å². The number of rotatable bonds is 4. The number of halogens is 2. The van der Waals surface area contributed by atoms with Gasteiger partial charge in [0.15, 0.2) is 17.4 Å². The maximum absolute atomic E-state index is 13.7. The molecular formula is C20H20F2N4O2. The topological polar surface area (TPSA) is 72.1 Å². The first-order valence-electron chi connectivity index (χ1n) is 9.06. The summed E-state index contributed by atoms with van der Waals surface area (Å²) in [5, 5.41) is 10.3. The van der Waals surface area contributed by atoms with Crippen LogP contribution >= 0.6 is 0 Å². The SMILES string of the molecule is Cn1nccc1-c1coc(C(=O)NC2CNCCC2c2ccc(F)c(F)c2)c1. The van der Waals surface area contributed by atoms with Gasteiger partial charge in [-0.2, -0.15) is 5.10 Å². The fraction of sp³-hybridized carbons (Fsp3) is 0.300. The second kappa shape index (κ2) is 7.55. The van der Waals surface area contributed by atoms with Crippen molar-refractivity contribution in [2.24, 2.45) is 7.05 Å². The Labute approximate surface area is 160 Å². The van der Waals surface area contributed by atoms with Gasteiger partial charge in [-0.25, -0.2) is 8.78 Å². The molecule has 146 valence electrons. The summed E-state index contributed by atoms with van der Waals surface area (Å²) in [5.41, 5.74) is 2.26. The number of hydrogen-bond donors (Lipinski definition) is 2. The van der Waals surface area contributed by atoms with Gasteiger partial charge in [0.1, 0.15) is 6.26 Å². The number of carbonyl (C=O) groups is 1. The molecule has 3 heterocycles. The number of furan rings is 1. The molecule has 8 heteroatoms. The van der Waals surface area contributed by atoms with E-state index >= 15 is 0 Å². The summed E-state index contributed by atoms with van der Waals surface area (Å²) in [7, 11) is 1.81. The Hall–Kier alpha value is -3.00. The van der Waals surface area contributed by atoms with Gasteiger partial charge in [0.2, 0.25) is 0 Å². The third kappa shape index (κ3) is 3.55. The molecular weight excluding hydrogens is 366 g/mol. The van der Waals surface area contributed by atoms with Gasteiger partial charge in [-0.3, -0.25) is 9.48 Å². The number of aryl methyl sites for hydroxylation is 1. The molecule has 3 aromatic rings. The number of nitrogens with one attached hydrogen (secondary N) is 2. The van der Waals surface area contributed by atoms with Gasteiger partial charge in [-0.15, -0.1) is 0 Å². The monoisotopic (exact) mass is 386 g/mol. The first kappa shape index (κ1) is 18.4. The molecule has 2 N–H and O–H groups in total. The van der Waals surface area contributed by atoms with Gasteiger partial charge in [0.25, 0.3) is 5.91 Å². The van der Waals surface area contributed by atoms with E-state index in [9.17, 15) is 13.6 Å². The van der Waals surface area contributed by atoms with E-state index in [0.29, 0.717) is 18.5 Å². The summed E-state index contributed by atoms with van der Waals surface area (Å²) >= 11 is 0. The molecule has 6 nitrogen and oxygen atoms in total. The van der Waals surface area contributed by atoms with Crippen LogP contribution in [-0.2, 0) is 7.05 Å². The third-order valence-corrected chi connectivity index (χ3v) is 5.11. The molecule has 0 bridgehead atoms. The standard InChI is InChI=1S/C20H20F2N4O2/c1-26-18(5-7-24-26)13-9-19(28-11-13)20(27)25-17-10-23-6-4-14(17)12-2-3-15(21)16(22)8-12/h2-3,5,7-9,11,14,17,23H,4,6,10H2,1H3,(H,25,27). The lowest BCUT2D eigenvalue weighted by Crippen LogP contribution is -2.50. The minimum atomic E-state index is -0.882. The second-order valence-electron chi connectivity index (χ2n) is 6.89. The number of hydrogen-bond acceptors (Lipinski definition) is 4. The predicted molar refractivity (Wildman–Crippen MR) is 98.7 cm³/mol. The molecule has 0 spiro atoms. The van der Waals surface area contributed by atoms with Crippen LogP contribution in [0.15, 0.2) is 47.2 Å². The maximum atomic E-state index is 13.7. The minimum Gasteiger partial charge on any atom is -0.458 e. The summed E-state index contributed by atoms with van der Waals surface area (Å²) in [6.07, 6.45) is 3.88. The van der Waals surface area contributed by atoms with Gasteiger partial charge in [-0.1, -0.05) is 6.07 Å². The Balaban J connectivity index is 1.51. The highest BCUT2D eigenvalue weighted by Crippen LogP contribution is 2.28. The molecule has 0 radical (unpaired) electrons. The smallest absolute Gasteiger partial charge is 0.287 e. The molecule has 2 aromatic heterocycles. The number of carbonyl (C=O) groups excluding carboxylic acids is 1. The van der Waals surface area contributed by atoms with E-state index in [2.05, 4.69) is 15.7 Å². The molecule has 0 aliphatic carbocycles. The summed E-state index contributed by atoms with van der Waals surface area (Å²) in [5.74, 6) is -2.04. The maximum Gasteiger partial charge on any atom is 0.287 e. The van der Waals surface area contributed by atoms with Crippen LogP contribution in [0.3, 0.4) is 0 Å². The zero-order chi connectivity index (χ0) is 19.7. The van der Waals surface area contributed by atoms with E-state index in [4.69, 9.17) is 4.42 Å². The van der Waals surface area contributed by atoms with Crippen molar-refractivity contribution >= 4 is 5.91 Å². The highest BCUT2D eigenvalue weighted by molar-refractivity contribution is 5.93. The van der Waals surface area contributed by atoms with Crippen molar-refractivity contribution in [3.63, 3.8) is 0 Å². The number of amides is 1. The zero-order valence-electron chi connectivity index (χ0n) is 15.3. The lowest BCUT2D eigenvalue weighted by Gasteiger charge is -2.33. The Bertz CT molecular complexity index is 998. The molecule has 28 heavy (non-hydrogen) atoms. The molecule has 1 aliphatic rings. The van der Waals surface area contributed by atoms with Gasteiger partial charge < -0.3 is 15.1 Å². The van der Waals surface area contributed by atoms with Gasteiger partial charge in [0.05, 0.1) is 5.69 Å². The van der Waals surface area contributed by atoms with Crippen molar-refractivity contribution in [3.05, 3.63) is 65.7 Å². The average Bonchev–Trinajstić information content (AvgIpc) is 3.33. The second-order valence-corrected chi connectivity index (χ2v) is 6.89. The van der Waals surface area contributed by atoms with E-state index in [-0.39, 0.29) is 23.6 Å². The fourth-order valence-electron chi connectivity index (χ4n) is 3.64. The van der Waals surface area contributed by atoms with Crippen LogP contribution in [-0.4, -0.2) is 34.8 Å². The van der Waals surface area contributed by atoms with Crippen LogP contribution in [0.25, 0.3) is 11.3 Å². The quantitative estimate of drug-likeness (QED) is 0.723. The van der Waals surface area contributed by atoms with Crippen molar-refractivity contribution in [1.82, 2.24) is 20.4 Å². The van der Waals surface area contributed by atoms with Crippen LogP contribution in [0.5, 0.6) is 0 Å². The normalized spacial score (nSPS) is 19.5. The van der Waals surface area contributed by atoms with Crippen molar-refractivity contribution in [2.45, 2.75) is 18.4 Å². The first-order chi connectivity index (χ1) is 13.5.